The van der Waals surface area contributed by atoms with E-state index in [4.69, 9.17) is 32.8 Å². The zero-order valence-electron chi connectivity index (χ0n) is 27.7. The number of aliphatic hydroxyl groups is 10. The average molecular weight is 757 g/mol. The van der Waals surface area contributed by atoms with Gasteiger partial charge in [0, 0.05) is 17.7 Å². The minimum atomic E-state index is -2.05. The second kappa shape index (κ2) is 15.6. The van der Waals surface area contributed by atoms with E-state index < -0.39 is 128 Å². The molecular formula is C33H40O20. The first kappa shape index (κ1) is 39.0. The van der Waals surface area contributed by atoms with Crippen molar-refractivity contribution in [2.24, 2.45) is 0 Å². The van der Waals surface area contributed by atoms with Gasteiger partial charge in [-0.3, -0.25) is 4.79 Å². The zero-order chi connectivity index (χ0) is 38.5. The Morgan fingerprint density at radius 1 is 0.660 bits per heavy atom. The molecule has 1 aromatic heterocycles. The summed E-state index contributed by atoms with van der Waals surface area (Å²) in [5, 5.41) is 124. The molecule has 3 aliphatic heterocycles. The lowest BCUT2D eigenvalue weighted by atomic mass is 9.97. The largest absolute Gasteiger partial charge is 0.508 e. The van der Waals surface area contributed by atoms with Crippen LogP contribution in [0, 0.1) is 0 Å². The third-order valence-electron chi connectivity index (χ3n) is 9.29. The van der Waals surface area contributed by atoms with Crippen LogP contribution in [0.2, 0.25) is 0 Å². The lowest BCUT2D eigenvalue weighted by Crippen LogP contribution is -2.65. The summed E-state index contributed by atoms with van der Waals surface area (Å²) >= 11 is 0. The molecule has 0 spiro atoms. The predicted molar refractivity (Wildman–Crippen MR) is 171 cm³/mol. The van der Waals surface area contributed by atoms with Crippen LogP contribution in [0.15, 0.2) is 45.6 Å². The minimum Gasteiger partial charge on any atom is -0.508 e. The third-order valence-corrected chi connectivity index (χ3v) is 9.29. The molecule has 0 amide bonds. The molecule has 3 aromatic rings. The Labute approximate surface area is 298 Å². The lowest BCUT2D eigenvalue weighted by molar-refractivity contribution is -0.352. The van der Waals surface area contributed by atoms with Crippen molar-refractivity contribution in [3.05, 3.63) is 46.6 Å². The van der Waals surface area contributed by atoms with Crippen molar-refractivity contribution >= 4 is 11.0 Å². The smallest absolute Gasteiger partial charge is 0.239 e. The standard InChI is InChI=1S/C33H40O20/c1-10-19(38)23(42)25(44)31(47-10)48-13-6-14(37)18-15(7-13)49-28(11-2-4-12(36)5-3-11)30(22(18)41)53-33-27(46)29(21(40)17(9-35)51-33)52-32-26(45)24(43)20(39)16(8-34)50-32/h2-7,10,16-17,19-21,23-27,29,31-40,42-46H,8-9H2,1H3/t10?,16?,17?,19-,20+,21+,23-,24?,25?,26+,27?,29?,31-,32-,33-/m0/s1. The Kier molecular flexibility index (Phi) is 11.5. The third kappa shape index (κ3) is 7.39. The number of rotatable bonds is 9. The van der Waals surface area contributed by atoms with Crippen molar-refractivity contribution in [3.63, 3.8) is 0 Å². The summed E-state index contributed by atoms with van der Waals surface area (Å²) in [6.07, 6.45) is -25.3. The highest BCUT2D eigenvalue weighted by atomic mass is 16.7. The summed E-state index contributed by atoms with van der Waals surface area (Å²) in [4.78, 5) is 14.1. The number of aliphatic hydroxyl groups excluding tert-OH is 10. The van der Waals surface area contributed by atoms with E-state index in [1.54, 1.807) is 0 Å². The Morgan fingerprint density at radius 3 is 1.91 bits per heavy atom. The Bertz CT molecular complexity index is 1780. The molecule has 4 heterocycles. The van der Waals surface area contributed by atoms with Gasteiger partial charge in [0.1, 0.15) is 95.4 Å². The van der Waals surface area contributed by atoms with Crippen LogP contribution < -0.4 is 14.9 Å². The molecule has 20 nitrogen and oxygen atoms in total. The van der Waals surface area contributed by atoms with E-state index in [1.165, 1.54) is 31.2 Å². The van der Waals surface area contributed by atoms with Gasteiger partial charge in [-0.25, -0.2) is 0 Å². The maximum atomic E-state index is 14.1. The Balaban J connectivity index is 1.36. The van der Waals surface area contributed by atoms with Crippen LogP contribution >= 0.6 is 0 Å². The van der Waals surface area contributed by atoms with Gasteiger partial charge in [-0.05, 0) is 31.2 Å². The van der Waals surface area contributed by atoms with Gasteiger partial charge < -0.3 is 94.1 Å². The molecule has 53 heavy (non-hydrogen) atoms. The molecule has 0 saturated carbocycles. The SMILES string of the molecule is CC1O[C@@H](Oc2cc(O)c3c(=O)c(O[C@@H]4OC(CO)[C@@H](O)C(O[C@@H]5OC(CO)[C@@H](O)C(O)[C@H]5O)C4O)c(-c4ccc(O)cc4)oc3c2)C(O)[C@@H](O)[C@H]1O. The topological polar surface area (TPSA) is 328 Å². The Hall–Kier alpha value is -3.71. The van der Waals surface area contributed by atoms with E-state index in [2.05, 4.69) is 0 Å². The fraction of sp³-hybridized carbons (Fsp3) is 0.545. The number of fused-ring (bicyclic) bond motifs is 1. The van der Waals surface area contributed by atoms with E-state index in [-0.39, 0.29) is 28.4 Å². The summed E-state index contributed by atoms with van der Waals surface area (Å²) in [7, 11) is 0. The van der Waals surface area contributed by atoms with Crippen molar-refractivity contribution in [1.82, 2.24) is 0 Å². The second-order valence-electron chi connectivity index (χ2n) is 12.9. The van der Waals surface area contributed by atoms with Gasteiger partial charge in [-0.1, -0.05) is 0 Å². The molecule has 3 fully saturated rings. The number of phenols is 2. The van der Waals surface area contributed by atoms with Crippen LogP contribution in [0.4, 0.5) is 0 Å². The van der Waals surface area contributed by atoms with Crippen molar-refractivity contribution in [2.45, 2.75) is 99.0 Å². The zero-order valence-corrected chi connectivity index (χ0v) is 27.7. The van der Waals surface area contributed by atoms with E-state index in [9.17, 15) is 66.1 Å². The molecule has 292 valence electrons. The van der Waals surface area contributed by atoms with Crippen molar-refractivity contribution in [3.8, 4) is 34.3 Å². The monoisotopic (exact) mass is 756 g/mol. The normalized spacial score (nSPS) is 37.8. The summed E-state index contributed by atoms with van der Waals surface area (Å²) in [6, 6.07) is 7.27. The summed E-state index contributed by atoms with van der Waals surface area (Å²) in [5.74, 6) is -2.15. The summed E-state index contributed by atoms with van der Waals surface area (Å²) < 4.78 is 39.5. The van der Waals surface area contributed by atoms with Crippen LogP contribution in [0.25, 0.3) is 22.3 Å². The van der Waals surface area contributed by atoms with Crippen molar-refractivity contribution in [1.29, 1.82) is 0 Å². The summed E-state index contributed by atoms with van der Waals surface area (Å²) in [5.41, 5.74) is -1.25. The molecule has 0 bridgehead atoms. The summed E-state index contributed by atoms with van der Waals surface area (Å²) in [6.45, 7) is -0.272. The number of hydrogen-bond acceptors (Lipinski definition) is 20. The lowest BCUT2D eigenvalue weighted by Gasteiger charge is -2.45. The number of ether oxygens (including phenoxy) is 6. The van der Waals surface area contributed by atoms with Gasteiger partial charge in [-0.15, -0.1) is 0 Å². The fourth-order valence-corrected chi connectivity index (χ4v) is 6.24. The van der Waals surface area contributed by atoms with Crippen LogP contribution in [0.3, 0.4) is 0 Å². The number of benzene rings is 2. The van der Waals surface area contributed by atoms with Gasteiger partial charge in [0.05, 0.1) is 19.3 Å². The highest BCUT2D eigenvalue weighted by Crippen LogP contribution is 2.39. The quantitative estimate of drug-likeness (QED) is 0.0992. The van der Waals surface area contributed by atoms with Gasteiger partial charge in [0.2, 0.25) is 23.8 Å². The van der Waals surface area contributed by atoms with Gasteiger partial charge in [-0.2, -0.15) is 0 Å². The highest BCUT2D eigenvalue weighted by molar-refractivity contribution is 5.88. The number of phenolic OH excluding ortho intramolecular Hbond substituents is 2. The molecular weight excluding hydrogens is 716 g/mol. The van der Waals surface area contributed by atoms with Crippen molar-refractivity contribution in [2.75, 3.05) is 13.2 Å². The van der Waals surface area contributed by atoms with E-state index in [1.807, 2.05) is 0 Å². The average Bonchev–Trinajstić information content (AvgIpc) is 3.13. The first-order valence-electron chi connectivity index (χ1n) is 16.4. The van der Waals surface area contributed by atoms with E-state index in [0.717, 1.165) is 12.1 Å². The number of aromatic hydroxyl groups is 2. The molecule has 3 aliphatic rings. The van der Waals surface area contributed by atoms with Crippen LogP contribution in [0.1, 0.15) is 6.92 Å². The maximum absolute atomic E-state index is 14.1. The van der Waals surface area contributed by atoms with E-state index in [0.29, 0.717) is 0 Å². The Morgan fingerprint density at radius 2 is 1.25 bits per heavy atom. The van der Waals surface area contributed by atoms with Crippen LogP contribution in [0.5, 0.6) is 23.0 Å². The van der Waals surface area contributed by atoms with Crippen LogP contribution in [-0.4, -0.2) is 167 Å². The highest BCUT2D eigenvalue weighted by Gasteiger charge is 2.52. The first-order valence-corrected chi connectivity index (χ1v) is 16.4. The molecule has 15 atom stereocenters. The first-order chi connectivity index (χ1) is 25.1. The van der Waals surface area contributed by atoms with Gasteiger partial charge in [0.25, 0.3) is 0 Å². The predicted octanol–water partition coefficient (Wildman–Crippen LogP) is -3.92. The molecule has 2 aromatic carbocycles. The van der Waals surface area contributed by atoms with Crippen LogP contribution in [-0.2, 0) is 18.9 Å². The molecule has 7 unspecified atom stereocenters. The minimum absolute atomic E-state index is 0.109. The fourth-order valence-electron chi connectivity index (χ4n) is 6.24. The van der Waals surface area contributed by atoms with Crippen molar-refractivity contribution < 1.29 is 94.1 Å². The van der Waals surface area contributed by atoms with Gasteiger partial charge in [0.15, 0.2) is 12.1 Å². The molecule has 0 aliphatic carbocycles. The molecule has 20 heteroatoms. The molecule has 6 rings (SSSR count). The molecule has 3 saturated heterocycles. The second-order valence-corrected chi connectivity index (χ2v) is 12.9. The maximum Gasteiger partial charge on any atom is 0.239 e. The van der Waals surface area contributed by atoms with E-state index >= 15 is 0 Å². The molecule has 0 radical (unpaired) electrons. The van der Waals surface area contributed by atoms with Gasteiger partial charge >= 0.3 is 0 Å². The number of hydrogen-bond donors (Lipinski definition) is 12. The molecule has 12 N–H and O–H groups in total.